The third kappa shape index (κ3) is 2.12. The molecule has 18 heavy (non-hydrogen) atoms. The fourth-order valence-electron chi connectivity index (χ4n) is 1.37. The molecule has 2 rings (SSSR count). The van der Waals surface area contributed by atoms with Gasteiger partial charge in [0.15, 0.2) is 5.82 Å². The molecule has 0 saturated heterocycles. The first-order valence-corrected chi connectivity index (χ1v) is 4.84. The molecule has 8 heteroatoms. The maximum Gasteiger partial charge on any atom is 0.292 e. The van der Waals surface area contributed by atoms with Gasteiger partial charge < -0.3 is 15.6 Å². The molecule has 0 atom stereocenters. The summed E-state index contributed by atoms with van der Waals surface area (Å²) in [6, 6.07) is 5.43. The quantitative estimate of drug-likeness (QED) is 0.480. The van der Waals surface area contributed by atoms with Crippen LogP contribution in [-0.2, 0) is 0 Å². The molecule has 0 bridgehead atoms. The number of hydrogen-bond donors (Lipinski definition) is 2. The number of carbonyl (C=O) groups is 1. The van der Waals surface area contributed by atoms with Crippen molar-refractivity contribution in [2.24, 2.45) is 0 Å². The Morgan fingerprint density at radius 3 is 2.83 bits per heavy atom. The predicted octanol–water partition coefficient (Wildman–Crippen LogP) is 1.42. The second-order valence-electron chi connectivity index (χ2n) is 3.33. The van der Waals surface area contributed by atoms with Gasteiger partial charge in [0, 0.05) is 12.1 Å². The lowest BCUT2D eigenvalue weighted by atomic mass is 10.1. The lowest BCUT2D eigenvalue weighted by Crippen LogP contribution is -2.15. The first-order chi connectivity index (χ1) is 8.59. The number of nitro benzene ring substituents is 1. The van der Waals surface area contributed by atoms with Gasteiger partial charge >= 0.3 is 0 Å². The molecule has 3 N–H and O–H groups in total. The van der Waals surface area contributed by atoms with Crippen molar-refractivity contribution in [2.75, 3.05) is 11.1 Å². The van der Waals surface area contributed by atoms with Crippen LogP contribution in [-0.4, -0.2) is 16.0 Å². The zero-order valence-corrected chi connectivity index (χ0v) is 8.99. The third-order valence-corrected chi connectivity index (χ3v) is 2.20. The molecule has 1 aromatic heterocycles. The molecule has 0 aliphatic heterocycles. The second-order valence-corrected chi connectivity index (χ2v) is 3.33. The molecule has 0 aliphatic carbocycles. The molecular formula is C10H8N4O4. The summed E-state index contributed by atoms with van der Waals surface area (Å²) in [6.45, 7) is 0. The Morgan fingerprint density at radius 1 is 1.44 bits per heavy atom. The number of carbonyl (C=O) groups excluding carboxylic acids is 1. The zero-order valence-electron chi connectivity index (χ0n) is 8.99. The topological polar surface area (TPSA) is 124 Å². The molecule has 0 saturated carbocycles. The molecule has 0 unspecified atom stereocenters. The number of nitrogens with zero attached hydrogens (tertiary/aromatic N) is 2. The van der Waals surface area contributed by atoms with E-state index in [0.29, 0.717) is 0 Å². The number of nitrogens with two attached hydrogens (primary N) is 1. The summed E-state index contributed by atoms with van der Waals surface area (Å²) in [5.41, 5.74) is 5.07. The minimum Gasteiger partial charge on any atom is -0.393 e. The highest BCUT2D eigenvalue weighted by Gasteiger charge is 2.19. The minimum atomic E-state index is -0.651. The van der Waals surface area contributed by atoms with Crippen molar-refractivity contribution < 1.29 is 14.2 Å². The second kappa shape index (κ2) is 4.53. The number of rotatable bonds is 3. The van der Waals surface area contributed by atoms with Crippen LogP contribution in [0.15, 0.2) is 35.1 Å². The van der Waals surface area contributed by atoms with E-state index in [1.54, 1.807) is 0 Å². The number of nitrogen functional groups attached to an aromatic ring is 1. The third-order valence-electron chi connectivity index (χ3n) is 2.20. The lowest BCUT2D eigenvalue weighted by Gasteiger charge is -2.05. The molecule has 0 radical (unpaired) electrons. The van der Waals surface area contributed by atoms with E-state index in [1.807, 2.05) is 0 Å². The molecule has 0 spiro atoms. The lowest BCUT2D eigenvalue weighted by molar-refractivity contribution is -0.383. The van der Waals surface area contributed by atoms with Gasteiger partial charge in [-0.2, -0.15) is 0 Å². The highest BCUT2D eigenvalue weighted by Crippen LogP contribution is 2.25. The standard InChI is InChI=1S/C10H8N4O4/c11-9-6(2-1-3-7(9)14(16)17)10(15)12-8-4-5-18-13-8/h1-5H,11H2,(H,12,13,15). The molecule has 1 amide bonds. The smallest absolute Gasteiger partial charge is 0.292 e. The van der Waals surface area contributed by atoms with E-state index in [4.69, 9.17) is 5.73 Å². The van der Waals surface area contributed by atoms with E-state index in [0.717, 1.165) is 0 Å². The van der Waals surface area contributed by atoms with E-state index in [1.165, 1.54) is 30.5 Å². The van der Waals surface area contributed by atoms with Crippen LogP contribution in [0, 0.1) is 10.1 Å². The monoisotopic (exact) mass is 248 g/mol. The Bertz CT molecular complexity index is 594. The number of nitro groups is 1. The van der Waals surface area contributed by atoms with Crippen LogP contribution in [0.5, 0.6) is 0 Å². The van der Waals surface area contributed by atoms with Crippen molar-refractivity contribution in [3.63, 3.8) is 0 Å². The van der Waals surface area contributed by atoms with Crippen molar-refractivity contribution in [1.82, 2.24) is 5.16 Å². The Morgan fingerprint density at radius 2 is 2.22 bits per heavy atom. The largest absolute Gasteiger partial charge is 0.393 e. The maximum absolute atomic E-state index is 11.8. The number of hydrogen-bond acceptors (Lipinski definition) is 6. The molecule has 0 aliphatic rings. The normalized spacial score (nSPS) is 10.0. The number of para-hydroxylation sites is 1. The number of aromatic nitrogens is 1. The average Bonchev–Trinajstić information content (AvgIpc) is 2.81. The Hall–Kier alpha value is -2.90. The van der Waals surface area contributed by atoms with Gasteiger partial charge in [-0.15, -0.1) is 0 Å². The summed E-state index contributed by atoms with van der Waals surface area (Å²) >= 11 is 0. The average molecular weight is 248 g/mol. The van der Waals surface area contributed by atoms with E-state index in [9.17, 15) is 14.9 Å². The highest BCUT2D eigenvalue weighted by molar-refractivity contribution is 6.08. The van der Waals surface area contributed by atoms with Crippen molar-refractivity contribution in [3.05, 3.63) is 46.2 Å². The van der Waals surface area contributed by atoms with Crippen molar-refractivity contribution >= 4 is 23.1 Å². The van der Waals surface area contributed by atoms with Crippen LogP contribution < -0.4 is 11.1 Å². The van der Waals surface area contributed by atoms with Gasteiger partial charge in [-0.1, -0.05) is 11.2 Å². The maximum atomic E-state index is 11.8. The minimum absolute atomic E-state index is 0.00667. The van der Waals surface area contributed by atoms with Crippen LogP contribution in [0.4, 0.5) is 17.2 Å². The van der Waals surface area contributed by atoms with Crippen molar-refractivity contribution in [3.8, 4) is 0 Å². The van der Waals surface area contributed by atoms with Crippen LogP contribution in [0.25, 0.3) is 0 Å². The van der Waals surface area contributed by atoms with Gasteiger partial charge in [0.25, 0.3) is 11.6 Å². The summed E-state index contributed by atoms with van der Waals surface area (Å²) in [7, 11) is 0. The van der Waals surface area contributed by atoms with Crippen molar-refractivity contribution in [1.29, 1.82) is 0 Å². The Balaban J connectivity index is 2.31. The Labute approximate surface area is 101 Å². The fraction of sp³-hybridized carbons (Fsp3) is 0. The molecule has 92 valence electrons. The van der Waals surface area contributed by atoms with E-state index < -0.39 is 10.8 Å². The molecule has 0 fully saturated rings. The van der Waals surface area contributed by atoms with E-state index in [2.05, 4.69) is 15.0 Å². The van der Waals surface area contributed by atoms with E-state index in [-0.39, 0.29) is 22.8 Å². The van der Waals surface area contributed by atoms with Gasteiger partial charge in [0.2, 0.25) is 0 Å². The first kappa shape index (κ1) is 11.6. The van der Waals surface area contributed by atoms with Crippen LogP contribution in [0.2, 0.25) is 0 Å². The van der Waals surface area contributed by atoms with E-state index >= 15 is 0 Å². The number of benzene rings is 1. The number of amides is 1. The molecule has 2 aromatic rings. The summed E-state index contributed by atoms with van der Waals surface area (Å²) in [5, 5.41) is 16.6. The van der Waals surface area contributed by atoms with Crippen LogP contribution >= 0.6 is 0 Å². The van der Waals surface area contributed by atoms with Gasteiger partial charge in [-0.3, -0.25) is 14.9 Å². The van der Waals surface area contributed by atoms with Gasteiger partial charge in [0.05, 0.1) is 10.5 Å². The SMILES string of the molecule is Nc1c(C(=O)Nc2ccon2)cccc1[N+](=O)[O-]. The Kier molecular flexibility index (Phi) is 2.92. The van der Waals surface area contributed by atoms with Crippen LogP contribution in [0.1, 0.15) is 10.4 Å². The van der Waals surface area contributed by atoms with Gasteiger partial charge in [-0.05, 0) is 6.07 Å². The summed E-state index contributed by atoms with van der Waals surface area (Å²) < 4.78 is 4.54. The summed E-state index contributed by atoms with van der Waals surface area (Å²) in [5.74, 6) is -0.393. The van der Waals surface area contributed by atoms with Gasteiger partial charge in [-0.25, -0.2) is 0 Å². The van der Waals surface area contributed by atoms with Gasteiger partial charge in [0.1, 0.15) is 12.0 Å². The van der Waals surface area contributed by atoms with Crippen LogP contribution in [0.3, 0.4) is 0 Å². The summed E-state index contributed by atoms with van der Waals surface area (Å²) in [4.78, 5) is 21.8. The number of anilines is 2. The first-order valence-electron chi connectivity index (χ1n) is 4.84. The molecular weight excluding hydrogens is 240 g/mol. The zero-order chi connectivity index (χ0) is 13.1. The summed E-state index contributed by atoms with van der Waals surface area (Å²) in [6.07, 6.45) is 1.28. The molecule has 8 nitrogen and oxygen atoms in total. The predicted molar refractivity (Wildman–Crippen MR) is 62.0 cm³/mol. The number of nitrogens with one attached hydrogen (secondary N) is 1. The molecule has 1 heterocycles. The fourth-order valence-corrected chi connectivity index (χ4v) is 1.37. The van der Waals surface area contributed by atoms with Crippen molar-refractivity contribution in [2.45, 2.75) is 0 Å². The molecule has 1 aromatic carbocycles. The highest BCUT2D eigenvalue weighted by atomic mass is 16.6.